The Morgan fingerprint density at radius 2 is 2.10 bits per heavy atom. The number of H-pyrrole nitrogens is 1. The molecule has 4 N–H and O–H groups in total. The van der Waals surface area contributed by atoms with Crippen molar-refractivity contribution in [3.63, 3.8) is 0 Å². The molecule has 0 bridgehead atoms. The standard InChI is InChI=1S/C12H19N3O5S/c1-7-11(10(12(17)18)15-14-7)21(19,20)13-5-8-3-2-4-9(8)6-16/h8-9,13,16H,2-6H2,1H3,(H,14,15)(H,17,18). The molecule has 2 unspecified atom stereocenters. The minimum absolute atomic E-state index is 0.0392. The van der Waals surface area contributed by atoms with E-state index in [1.54, 1.807) is 0 Å². The number of aromatic carboxylic acids is 1. The lowest BCUT2D eigenvalue weighted by Crippen LogP contribution is -2.32. The normalized spacial score (nSPS) is 22.6. The number of aryl methyl sites for hydroxylation is 1. The summed E-state index contributed by atoms with van der Waals surface area (Å²) in [6, 6.07) is 0. The van der Waals surface area contributed by atoms with Crippen LogP contribution in [0.3, 0.4) is 0 Å². The van der Waals surface area contributed by atoms with Gasteiger partial charge in [0.25, 0.3) is 0 Å². The van der Waals surface area contributed by atoms with Gasteiger partial charge in [0.2, 0.25) is 10.0 Å². The van der Waals surface area contributed by atoms with Gasteiger partial charge in [0.15, 0.2) is 5.69 Å². The predicted octanol–water partition coefficient (Wildman–Crippen LogP) is 0.103. The third kappa shape index (κ3) is 3.25. The maximum atomic E-state index is 12.3. The van der Waals surface area contributed by atoms with Gasteiger partial charge in [-0.05, 0) is 31.6 Å². The van der Waals surface area contributed by atoms with Crippen LogP contribution in [0.1, 0.15) is 35.4 Å². The van der Waals surface area contributed by atoms with Crippen molar-refractivity contribution in [2.75, 3.05) is 13.2 Å². The molecule has 9 heteroatoms. The summed E-state index contributed by atoms with van der Waals surface area (Å²) >= 11 is 0. The first-order chi connectivity index (χ1) is 9.86. The van der Waals surface area contributed by atoms with Gasteiger partial charge in [-0.2, -0.15) is 5.10 Å². The average Bonchev–Trinajstić information content (AvgIpc) is 3.02. The Morgan fingerprint density at radius 3 is 2.71 bits per heavy atom. The Hall–Kier alpha value is -1.45. The molecule has 1 aliphatic carbocycles. The first kappa shape index (κ1) is 15.9. The van der Waals surface area contributed by atoms with Crippen LogP contribution in [0.4, 0.5) is 0 Å². The fourth-order valence-electron chi connectivity index (χ4n) is 2.80. The number of rotatable bonds is 6. The van der Waals surface area contributed by atoms with Crippen LogP contribution < -0.4 is 4.72 Å². The minimum Gasteiger partial charge on any atom is -0.476 e. The molecule has 0 amide bonds. The molecule has 0 saturated heterocycles. The van der Waals surface area contributed by atoms with Crippen LogP contribution in [0.2, 0.25) is 0 Å². The van der Waals surface area contributed by atoms with Crippen LogP contribution in [-0.2, 0) is 10.0 Å². The highest BCUT2D eigenvalue weighted by atomic mass is 32.2. The summed E-state index contributed by atoms with van der Waals surface area (Å²) in [7, 11) is -3.95. The van der Waals surface area contributed by atoms with Crippen LogP contribution in [0.25, 0.3) is 0 Å². The molecule has 21 heavy (non-hydrogen) atoms. The number of carboxylic acid groups (broad SMARTS) is 1. The van der Waals surface area contributed by atoms with E-state index in [1.165, 1.54) is 6.92 Å². The molecule has 1 saturated carbocycles. The molecule has 1 aromatic rings. The monoisotopic (exact) mass is 317 g/mol. The maximum absolute atomic E-state index is 12.3. The Kier molecular flexibility index (Phi) is 4.64. The summed E-state index contributed by atoms with van der Waals surface area (Å²) in [5.74, 6) is -1.23. The fourth-order valence-corrected chi connectivity index (χ4v) is 4.22. The molecular weight excluding hydrogens is 298 g/mol. The van der Waals surface area contributed by atoms with Crippen molar-refractivity contribution in [3.8, 4) is 0 Å². The summed E-state index contributed by atoms with van der Waals surface area (Å²) in [4.78, 5) is 10.7. The first-order valence-corrected chi connectivity index (χ1v) is 8.24. The van der Waals surface area contributed by atoms with E-state index in [-0.39, 0.29) is 35.6 Å². The van der Waals surface area contributed by atoms with E-state index in [0.717, 1.165) is 19.3 Å². The number of aliphatic hydroxyl groups excluding tert-OH is 1. The summed E-state index contributed by atoms with van der Waals surface area (Å²) in [6.07, 6.45) is 2.70. The molecule has 0 aliphatic heterocycles. The molecule has 1 aromatic heterocycles. The molecule has 0 spiro atoms. The molecule has 0 aromatic carbocycles. The van der Waals surface area contributed by atoms with Crippen LogP contribution in [0, 0.1) is 18.8 Å². The summed E-state index contributed by atoms with van der Waals surface area (Å²) in [5, 5.41) is 24.1. The third-order valence-electron chi connectivity index (χ3n) is 3.95. The van der Waals surface area contributed by atoms with Gasteiger partial charge in [0.05, 0.1) is 5.69 Å². The van der Waals surface area contributed by atoms with Crippen LogP contribution >= 0.6 is 0 Å². The second-order valence-corrected chi connectivity index (χ2v) is 7.02. The van der Waals surface area contributed by atoms with E-state index in [4.69, 9.17) is 5.11 Å². The van der Waals surface area contributed by atoms with Crippen molar-refractivity contribution in [3.05, 3.63) is 11.4 Å². The molecule has 1 heterocycles. The van der Waals surface area contributed by atoms with E-state index in [2.05, 4.69) is 14.9 Å². The van der Waals surface area contributed by atoms with Crippen molar-refractivity contribution in [1.29, 1.82) is 0 Å². The quantitative estimate of drug-likeness (QED) is 0.588. The van der Waals surface area contributed by atoms with Crippen molar-refractivity contribution in [2.24, 2.45) is 11.8 Å². The second kappa shape index (κ2) is 6.12. The average molecular weight is 317 g/mol. The van der Waals surface area contributed by atoms with Gasteiger partial charge in [-0.25, -0.2) is 17.9 Å². The molecule has 0 radical (unpaired) electrons. The number of aliphatic hydroxyl groups is 1. The van der Waals surface area contributed by atoms with Crippen molar-refractivity contribution < 1.29 is 23.4 Å². The Labute approximate surface area is 122 Å². The smallest absolute Gasteiger partial charge is 0.357 e. The number of aromatic nitrogens is 2. The lowest BCUT2D eigenvalue weighted by atomic mass is 9.97. The molecular formula is C12H19N3O5S. The fraction of sp³-hybridized carbons (Fsp3) is 0.667. The second-order valence-electron chi connectivity index (χ2n) is 5.32. The number of hydrogen-bond donors (Lipinski definition) is 4. The van der Waals surface area contributed by atoms with Gasteiger partial charge in [-0.15, -0.1) is 0 Å². The van der Waals surface area contributed by atoms with Crippen molar-refractivity contribution >= 4 is 16.0 Å². The van der Waals surface area contributed by atoms with E-state index >= 15 is 0 Å². The maximum Gasteiger partial charge on any atom is 0.357 e. The Morgan fingerprint density at radius 1 is 1.43 bits per heavy atom. The zero-order valence-corrected chi connectivity index (χ0v) is 12.5. The number of aromatic amines is 1. The number of carbonyl (C=O) groups is 1. The lowest BCUT2D eigenvalue weighted by Gasteiger charge is -2.17. The Bertz CT molecular complexity index is 625. The molecule has 2 rings (SSSR count). The predicted molar refractivity (Wildman–Crippen MR) is 73.4 cm³/mol. The van der Waals surface area contributed by atoms with E-state index in [0.29, 0.717) is 0 Å². The molecule has 8 nitrogen and oxygen atoms in total. The molecule has 1 fully saturated rings. The van der Waals surface area contributed by atoms with Crippen LogP contribution in [-0.4, -0.2) is 47.9 Å². The van der Waals surface area contributed by atoms with Crippen molar-refractivity contribution in [2.45, 2.75) is 31.1 Å². The third-order valence-corrected chi connectivity index (χ3v) is 5.53. The van der Waals surface area contributed by atoms with Crippen LogP contribution in [0.15, 0.2) is 4.90 Å². The molecule has 1 aliphatic rings. The summed E-state index contributed by atoms with van der Waals surface area (Å²) < 4.78 is 27.0. The number of nitrogens with zero attached hydrogens (tertiary/aromatic N) is 1. The van der Waals surface area contributed by atoms with E-state index in [1.807, 2.05) is 0 Å². The SMILES string of the molecule is Cc1[nH]nc(C(=O)O)c1S(=O)(=O)NCC1CCCC1CO. The van der Waals surface area contributed by atoms with Gasteiger partial charge >= 0.3 is 5.97 Å². The highest BCUT2D eigenvalue weighted by Gasteiger charge is 2.31. The summed E-state index contributed by atoms with van der Waals surface area (Å²) in [6.45, 7) is 1.69. The Balaban J connectivity index is 2.16. The lowest BCUT2D eigenvalue weighted by molar-refractivity contribution is 0.0686. The van der Waals surface area contributed by atoms with Gasteiger partial charge in [-0.3, -0.25) is 5.10 Å². The van der Waals surface area contributed by atoms with E-state index < -0.39 is 21.7 Å². The molecule has 118 valence electrons. The zero-order valence-electron chi connectivity index (χ0n) is 11.7. The first-order valence-electron chi connectivity index (χ1n) is 6.75. The highest BCUT2D eigenvalue weighted by molar-refractivity contribution is 7.89. The number of nitrogens with one attached hydrogen (secondary N) is 2. The van der Waals surface area contributed by atoms with Crippen molar-refractivity contribution in [1.82, 2.24) is 14.9 Å². The minimum atomic E-state index is -3.95. The number of carboxylic acids is 1. The zero-order chi connectivity index (χ0) is 15.6. The number of sulfonamides is 1. The summed E-state index contributed by atoms with van der Waals surface area (Å²) in [5.41, 5.74) is -0.324. The number of hydrogen-bond acceptors (Lipinski definition) is 5. The van der Waals surface area contributed by atoms with Crippen LogP contribution in [0.5, 0.6) is 0 Å². The van der Waals surface area contributed by atoms with Gasteiger partial charge in [0.1, 0.15) is 4.90 Å². The largest absolute Gasteiger partial charge is 0.476 e. The molecule has 2 atom stereocenters. The van der Waals surface area contributed by atoms with E-state index in [9.17, 15) is 18.3 Å². The van der Waals surface area contributed by atoms with Gasteiger partial charge in [-0.1, -0.05) is 6.42 Å². The highest BCUT2D eigenvalue weighted by Crippen LogP contribution is 2.31. The van der Waals surface area contributed by atoms with Gasteiger partial charge < -0.3 is 10.2 Å². The topological polar surface area (TPSA) is 132 Å². The van der Waals surface area contributed by atoms with Gasteiger partial charge in [0, 0.05) is 13.2 Å².